The number of hydrogen-bond donors (Lipinski definition) is 2. The molecule has 110 valence electrons. The minimum Gasteiger partial charge on any atom is -0.504 e. The fourth-order valence-electron chi connectivity index (χ4n) is 1.95. The third-order valence-electron chi connectivity index (χ3n) is 2.97. The molecule has 2 heterocycles. The molecule has 22 heavy (non-hydrogen) atoms. The van der Waals surface area contributed by atoms with E-state index in [-0.39, 0.29) is 16.5 Å². The highest BCUT2D eigenvalue weighted by molar-refractivity contribution is 6.33. The summed E-state index contributed by atoms with van der Waals surface area (Å²) in [5.74, 6) is -0.394. The molecule has 0 aliphatic heterocycles. The molecule has 0 aliphatic carbocycles. The Bertz CT molecular complexity index is 860. The summed E-state index contributed by atoms with van der Waals surface area (Å²) in [7, 11) is 0. The summed E-state index contributed by atoms with van der Waals surface area (Å²) in [6.45, 7) is 0. The number of rotatable bonds is 3. The molecule has 0 radical (unpaired) electrons. The van der Waals surface area contributed by atoms with E-state index < -0.39 is 5.91 Å². The van der Waals surface area contributed by atoms with Gasteiger partial charge in [-0.1, -0.05) is 17.7 Å². The minimum absolute atomic E-state index is 0.0889. The highest BCUT2D eigenvalue weighted by Gasteiger charge is 2.10. The van der Waals surface area contributed by atoms with Crippen LogP contribution in [0.4, 0.5) is 0 Å². The first-order valence-electron chi connectivity index (χ1n) is 6.30. The van der Waals surface area contributed by atoms with Crippen molar-refractivity contribution in [3.8, 4) is 5.75 Å². The zero-order chi connectivity index (χ0) is 15.5. The zero-order valence-corrected chi connectivity index (χ0v) is 11.9. The average molecular weight is 316 g/mol. The van der Waals surface area contributed by atoms with Crippen molar-refractivity contribution < 1.29 is 14.3 Å². The number of pyridine rings is 1. The number of hydrazone groups is 1. The molecule has 0 fully saturated rings. The Morgan fingerprint density at radius 2 is 2.27 bits per heavy atom. The van der Waals surface area contributed by atoms with Gasteiger partial charge in [-0.2, -0.15) is 5.10 Å². The predicted molar refractivity (Wildman–Crippen MR) is 82.2 cm³/mol. The average Bonchev–Trinajstić information content (AvgIpc) is 3.06. The molecule has 0 saturated heterocycles. The summed E-state index contributed by atoms with van der Waals surface area (Å²) in [4.78, 5) is 15.8. The largest absolute Gasteiger partial charge is 0.504 e. The number of carbonyl (C=O) groups excluding carboxylic acids is 1. The van der Waals surface area contributed by atoms with E-state index in [9.17, 15) is 9.90 Å². The topological polar surface area (TPSA) is 87.7 Å². The number of aromatic nitrogens is 1. The number of carbonyl (C=O) groups is 1. The maximum Gasteiger partial charge on any atom is 0.307 e. The molecule has 0 saturated carbocycles. The molecule has 0 bridgehead atoms. The fraction of sp³-hybridized carbons (Fsp3) is 0. The van der Waals surface area contributed by atoms with Gasteiger partial charge in [0.25, 0.3) is 0 Å². The zero-order valence-electron chi connectivity index (χ0n) is 11.2. The highest BCUT2D eigenvalue weighted by atomic mass is 35.5. The normalized spacial score (nSPS) is 11.1. The summed E-state index contributed by atoms with van der Waals surface area (Å²) in [5, 5.41) is 14.6. The smallest absolute Gasteiger partial charge is 0.307 e. The van der Waals surface area contributed by atoms with Gasteiger partial charge in [0.2, 0.25) is 0 Å². The SMILES string of the molecule is O=C(N/N=C\c1cc(Cl)c(O)c2ncccc12)c1ccco1. The molecule has 0 atom stereocenters. The van der Waals surface area contributed by atoms with Crippen LogP contribution in [0.25, 0.3) is 10.9 Å². The number of benzene rings is 1. The molecular formula is C15H10ClN3O3. The van der Waals surface area contributed by atoms with Crippen LogP contribution in [-0.2, 0) is 0 Å². The Morgan fingerprint density at radius 3 is 3.05 bits per heavy atom. The van der Waals surface area contributed by atoms with Crippen molar-refractivity contribution in [1.82, 2.24) is 10.4 Å². The van der Waals surface area contributed by atoms with E-state index in [1.54, 1.807) is 30.5 Å². The number of aromatic hydroxyl groups is 1. The number of hydrogen-bond acceptors (Lipinski definition) is 5. The first kappa shape index (κ1) is 14.1. The maximum absolute atomic E-state index is 11.7. The van der Waals surface area contributed by atoms with E-state index in [0.29, 0.717) is 16.5 Å². The van der Waals surface area contributed by atoms with Crippen LogP contribution < -0.4 is 5.43 Å². The first-order valence-corrected chi connectivity index (χ1v) is 6.67. The third-order valence-corrected chi connectivity index (χ3v) is 3.25. The molecule has 6 nitrogen and oxygen atoms in total. The lowest BCUT2D eigenvalue weighted by Gasteiger charge is -2.05. The second kappa shape index (κ2) is 5.87. The van der Waals surface area contributed by atoms with Gasteiger partial charge in [0.15, 0.2) is 11.5 Å². The van der Waals surface area contributed by atoms with Gasteiger partial charge >= 0.3 is 5.91 Å². The van der Waals surface area contributed by atoms with E-state index in [1.165, 1.54) is 18.5 Å². The number of fused-ring (bicyclic) bond motifs is 1. The predicted octanol–water partition coefficient (Wildman–Crippen LogP) is 2.95. The van der Waals surface area contributed by atoms with Crippen molar-refractivity contribution >= 4 is 34.6 Å². The lowest BCUT2D eigenvalue weighted by molar-refractivity contribution is 0.0927. The number of furan rings is 1. The molecule has 0 spiro atoms. The van der Waals surface area contributed by atoms with Gasteiger partial charge in [-0.25, -0.2) is 5.43 Å². The Labute approximate surface area is 130 Å². The van der Waals surface area contributed by atoms with Crippen molar-refractivity contribution in [3.05, 3.63) is 59.1 Å². The van der Waals surface area contributed by atoms with Gasteiger partial charge in [0, 0.05) is 17.1 Å². The van der Waals surface area contributed by atoms with E-state index in [1.807, 2.05) is 0 Å². The summed E-state index contributed by atoms with van der Waals surface area (Å²) in [6, 6.07) is 8.19. The van der Waals surface area contributed by atoms with E-state index in [4.69, 9.17) is 16.0 Å². The van der Waals surface area contributed by atoms with Gasteiger partial charge < -0.3 is 9.52 Å². The number of halogens is 1. The molecule has 3 aromatic rings. The second-order valence-corrected chi connectivity index (χ2v) is 4.78. The van der Waals surface area contributed by atoms with Crippen LogP contribution in [-0.4, -0.2) is 22.2 Å². The Hall–Kier alpha value is -2.86. The van der Waals surface area contributed by atoms with Crippen molar-refractivity contribution in [2.24, 2.45) is 5.10 Å². The summed E-state index contributed by atoms with van der Waals surface area (Å²) in [5.41, 5.74) is 3.33. The van der Waals surface area contributed by atoms with Crippen molar-refractivity contribution in [1.29, 1.82) is 0 Å². The molecule has 2 aromatic heterocycles. The van der Waals surface area contributed by atoms with Crippen LogP contribution in [0.2, 0.25) is 5.02 Å². The maximum atomic E-state index is 11.7. The number of nitrogens with zero attached hydrogens (tertiary/aromatic N) is 2. The quantitative estimate of drug-likeness (QED) is 0.574. The molecule has 3 rings (SSSR count). The van der Waals surface area contributed by atoms with E-state index in [0.717, 1.165) is 0 Å². The molecule has 1 amide bonds. The summed E-state index contributed by atoms with van der Waals surface area (Å²) >= 11 is 5.96. The molecule has 2 N–H and O–H groups in total. The monoisotopic (exact) mass is 315 g/mol. The third kappa shape index (κ3) is 2.64. The van der Waals surface area contributed by atoms with Crippen molar-refractivity contribution in [2.75, 3.05) is 0 Å². The van der Waals surface area contributed by atoms with Gasteiger partial charge in [-0.15, -0.1) is 0 Å². The van der Waals surface area contributed by atoms with Crippen molar-refractivity contribution in [3.63, 3.8) is 0 Å². The summed E-state index contributed by atoms with van der Waals surface area (Å²) in [6.07, 6.45) is 4.38. The highest BCUT2D eigenvalue weighted by Crippen LogP contribution is 2.32. The van der Waals surface area contributed by atoms with Crippen molar-refractivity contribution in [2.45, 2.75) is 0 Å². The van der Waals surface area contributed by atoms with Gasteiger partial charge in [0.05, 0.1) is 17.5 Å². The van der Waals surface area contributed by atoms with Crippen LogP contribution in [0, 0.1) is 0 Å². The van der Waals surface area contributed by atoms with Crippen LogP contribution in [0.3, 0.4) is 0 Å². The number of nitrogens with one attached hydrogen (secondary N) is 1. The Kier molecular flexibility index (Phi) is 3.76. The number of phenolic OH excluding ortho intramolecular Hbond substituents is 1. The summed E-state index contributed by atoms with van der Waals surface area (Å²) < 4.78 is 4.95. The van der Waals surface area contributed by atoms with Crippen LogP contribution in [0.5, 0.6) is 5.75 Å². The molecule has 1 aromatic carbocycles. The molecule has 0 aliphatic rings. The van der Waals surface area contributed by atoms with Gasteiger partial charge in [-0.05, 0) is 24.3 Å². The lowest BCUT2D eigenvalue weighted by atomic mass is 10.1. The first-order chi connectivity index (χ1) is 10.7. The standard InChI is InChI=1S/C15H10ClN3O3/c16-11-7-9(10-3-1-5-17-13(10)14(11)20)8-18-19-15(21)12-4-2-6-22-12/h1-8,20H,(H,19,21)/b18-8-. The van der Waals surface area contributed by atoms with Crippen LogP contribution >= 0.6 is 11.6 Å². The molecule has 7 heteroatoms. The van der Waals surface area contributed by atoms with Crippen LogP contribution in [0.15, 0.2) is 52.3 Å². The number of phenols is 1. The van der Waals surface area contributed by atoms with E-state index in [2.05, 4.69) is 15.5 Å². The molecule has 0 unspecified atom stereocenters. The lowest BCUT2D eigenvalue weighted by Crippen LogP contribution is -2.16. The van der Waals surface area contributed by atoms with E-state index >= 15 is 0 Å². The molecular weight excluding hydrogens is 306 g/mol. The minimum atomic E-state index is -0.464. The van der Waals surface area contributed by atoms with Gasteiger partial charge in [-0.3, -0.25) is 9.78 Å². The van der Waals surface area contributed by atoms with Crippen LogP contribution in [0.1, 0.15) is 16.1 Å². The Balaban J connectivity index is 1.89. The second-order valence-electron chi connectivity index (χ2n) is 4.37. The van der Waals surface area contributed by atoms with Gasteiger partial charge in [0.1, 0.15) is 5.52 Å². The number of amides is 1. The Morgan fingerprint density at radius 1 is 1.41 bits per heavy atom. The fourth-order valence-corrected chi connectivity index (χ4v) is 2.16.